The molecule has 8 nitrogen and oxygen atoms in total. The molecule has 2 aromatic rings. The van der Waals surface area contributed by atoms with Crippen LogP contribution in [0.25, 0.3) is 0 Å². The summed E-state index contributed by atoms with van der Waals surface area (Å²) >= 11 is 0. The second kappa shape index (κ2) is 7.12. The van der Waals surface area contributed by atoms with E-state index in [2.05, 4.69) is 15.7 Å². The maximum atomic E-state index is 13.0. The summed E-state index contributed by atoms with van der Waals surface area (Å²) in [6.45, 7) is 5.58. The molecule has 0 saturated carbocycles. The molecule has 0 spiro atoms. The lowest BCUT2D eigenvalue weighted by Crippen LogP contribution is -2.43. The van der Waals surface area contributed by atoms with E-state index in [1.54, 1.807) is 18.2 Å². The lowest BCUT2D eigenvalue weighted by molar-refractivity contribution is -0.123. The number of imide groups is 1. The molecule has 148 valence electrons. The van der Waals surface area contributed by atoms with Crippen molar-refractivity contribution in [2.75, 3.05) is 16.8 Å². The van der Waals surface area contributed by atoms with Gasteiger partial charge in [-0.25, -0.2) is 4.90 Å². The van der Waals surface area contributed by atoms with Gasteiger partial charge in [0.2, 0.25) is 5.91 Å². The van der Waals surface area contributed by atoms with Crippen molar-refractivity contribution in [3.8, 4) is 0 Å². The van der Waals surface area contributed by atoms with Gasteiger partial charge in [0.15, 0.2) is 12.1 Å². The van der Waals surface area contributed by atoms with Crippen LogP contribution in [0.2, 0.25) is 0 Å². The van der Waals surface area contributed by atoms with Gasteiger partial charge in [-0.05, 0) is 61.7 Å². The van der Waals surface area contributed by atoms with E-state index in [-0.39, 0.29) is 12.5 Å². The predicted octanol–water partition coefficient (Wildman–Crippen LogP) is 2.54. The minimum Gasteiger partial charge on any atom is -0.324 e. The summed E-state index contributed by atoms with van der Waals surface area (Å²) < 4.78 is 0. The average Bonchev–Trinajstić information content (AvgIpc) is 3.14. The Morgan fingerprint density at radius 1 is 1.00 bits per heavy atom. The second-order valence-electron chi connectivity index (χ2n) is 7.47. The number of hydrogen-bond donors (Lipinski definition) is 1. The molecule has 4 rings (SSSR count). The molecule has 0 unspecified atom stereocenters. The summed E-state index contributed by atoms with van der Waals surface area (Å²) in [6, 6.07) is 11.1. The van der Waals surface area contributed by atoms with Crippen LogP contribution in [0.5, 0.6) is 0 Å². The van der Waals surface area contributed by atoms with Crippen molar-refractivity contribution in [2.45, 2.75) is 32.9 Å². The van der Waals surface area contributed by atoms with Crippen LogP contribution in [-0.4, -0.2) is 41.4 Å². The molecule has 0 bridgehead atoms. The van der Waals surface area contributed by atoms with Gasteiger partial charge in [-0.3, -0.25) is 19.4 Å². The zero-order chi connectivity index (χ0) is 20.7. The molecule has 2 heterocycles. The summed E-state index contributed by atoms with van der Waals surface area (Å²) in [5.41, 5.74) is 4.10. The van der Waals surface area contributed by atoms with Crippen molar-refractivity contribution in [3.63, 3.8) is 0 Å². The van der Waals surface area contributed by atoms with Crippen molar-refractivity contribution in [2.24, 2.45) is 10.3 Å². The Hall–Kier alpha value is -3.55. The van der Waals surface area contributed by atoms with Crippen molar-refractivity contribution in [3.05, 3.63) is 59.2 Å². The van der Waals surface area contributed by atoms with Crippen LogP contribution in [0.1, 0.15) is 16.7 Å². The zero-order valence-electron chi connectivity index (χ0n) is 16.4. The highest BCUT2D eigenvalue weighted by Crippen LogP contribution is 2.32. The van der Waals surface area contributed by atoms with Gasteiger partial charge in [0.05, 0.1) is 5.69 Å². The number of carbonyl (C=O) groups is 3. The van der Waals surface area contributed by atoms with Gasteiger partial charge in [0.25, 0.3) is 11.8 Å². The molecule has 3 amide bonds. The predicted molar refractivity (Wildman–Crippen MR) is 107 cm³/mol. The maximum Gasteiger partial charge on any atom is 0.263 e. The highest BCUT2D eigenvalue weighted by atomic mass is 16.2. The molecule has 1 saturated heterocycles. The quantitative estimate of drug-likeness (QED) is 0.811. The second-order valence-corrected chi connectivity index (χ2v) is 7.47. The molecule has 0 aromatic heterocycles. The van der Waals surface area contributed by atoms with Gasteiger partial charge in [0.1, 0.15) is 6.54 Å². The third-order valence-electron chi connectivity index (χ3n) is 4.93. The standard InChI is InChI=1S/C21H21N5O3/c1-12-5-4-6-15(8-12)22-17(27)11-25-19-18(23-24-25)20(28)26(21(19)29)16-9-13(2)7-14(3)10-16/h4-10,18-19H,11H2,1-3H3,(H,22,27)/t18-,19-/m0/s1. The molecule has 2 aromatic carbocycles. The lowest BCUT2D eigenvalue weighted by atomic mass is 10.1. The zero-order valence-corrected chi connectivity index (χ0v) is 16.4. The van der Waals surface area contributed by atoms with Gasteiger partial charge in [-0.15, -0.1) is 0 Å². The third kappa shape index (κ3) is 3.49. The Morgan fingerprint density at radius 2 is 1.72 bits per heavy atom. The molecule has 2 atom stereocenters. The van der Waals surface area contributed by atoms with E-state index in [0.717, 1.165) is 21.6 Å². The van der Waals surface area contributed by atoms with E-state index in [9.17, 15) is 14.4 Å². The first kappa shape index (κ1) is 18.8. The molecular weight excluding hydrogens is 370 g/mol. The lowest BCUT2D eigenvalue weighted by Gasteiger charge is -2.20. The smallest absolute Gasteiger partial charge is 0.263 e. The maximum absolute atomic E-state index is 13.0. The van der Waals surface area contributed by atoms with Crippen LogP contribution in [-0.2, 0) is 14.4 Å². The molecule has 2 aliphatic heterocycles. The van der Waals surface area contributed by atoms with E-state index >= 15 is 0 Å². The van der Waals surface area contributed by atoms with Crippen molar-refractivity contribution < 1.29 is 14.4 Å². The minimum atomic E-state index is -0.921. The Balaban J connectivity index is 1.51. The first-order chi connectivity index (χ1) is 13.8. The van der Waals surface area contributed by atoms with E-state index in [1.165, 1.54) is 5.01 Å². The number of nitrogens with zero attached hydrogens (tertiary/aromatic N) is 4. The van der Waals surface area contributed by atoms with Gasteiger partial charge < -0.3 is 5.32 Å². The number of nitrogens with one attached hydrogen (secondary N) is 1. The number of carbonyl (C=O) groups excluding carboxylic acids is 3. The molecule has 29 heavy (non-hydrogen) atoms. The average molecular weight is 391 g/mol. The van der Waals surface area contributed by atoms with Crippen LogP contribution in [0.4, 0.5) is 11.4 Å². The minimum absolute atomic E-state index is 0.168. The summed E-state index contributed by atoms with van der Waals surface area (Å²) in [4.78, 5) is 39.4. The summed E-state index contributed by atoms with van der Waals surface area (Å²) in [5.74, 6) is -1.17. The SMILES string of the molecule is Cc1cccc(NC(=O)CN2N=N[C@@H]3C(=O)N(c4cc(C)cc(C)c4)C(=O)[C@H]32)c1. The topological polar surface area (TPSA) is 94.4 Å². The Bertz CT molecular complexity index is 1030. The Morgan fingerprint density at radius 3 is 2.41 bits per heavy atom. The summed E-state index contributed by atoms with van der Waals surface area (Å²) in [5, 5.41) is 11.9. The first-order valence-electron chi connectivity index (χ1n) is 9.33. The summed E-state index contributed by atoms with van der Waals surface area (Å²) in [6.07, 6.45) is 0. The number of benzene rings is 2. The fourth-order valence-corrected chi connectivity index (χ4v) is 3.76. The molecule has 0 aliphatic carbocycles. The highest BCUT2D eigenvalue weighted by molar-refractivity contribution is 6.25. The van der Waals surface area contributed by atoms with Gasteiger partial charge in [-0.2, -0.15) is 5.11 Å². The fraction of sp³-hybridized carbons (Fsp3) is 0.286. The Kier molecular flexibility index (Phi) is 4.62. The van der Waals surface area contributed by atoms with Gasteiger partial charge in [-0.1, -0.05) is 23.4 Å². The number of anilines is 2. The van der Waals surface area contributed by atoms with Crippen molar-refractivity contribution in [1.29, 1.82) is 0 Å². The van der Waals surface area contributed by atoms with Gasteiger partial charge >= 0.3 is 0 Å². The summed E-state index contributed by atoms with van der Waals surface area (Å²) in [7, 11) is 0. The fourth-order valence-electron chi connectivity index (χ4n) is 3.76. The van der Waals surface area contributed by atoms with Gasteiger partial charge in [0, 0.05) is 5.69 Å². The Labute approximate surface area is 168 Å². The van der Waals surface area contributed by atoms with Crippen molar-refractivity contribution >= 4 is 29.1 Å². The van der Waals surface area contributed by atoms with Crippen LogP contribution in [0.15, 0.2) is 52.8 Å². The molecule has 1 N–H and O–H groups in total. The largest absolute Gasteiger partial charge is 0.324 e. The van der Waals surface area contributed by atoms with Crippen LogP contribution < -0.4 is 10.2 Å². The van der Waals surface area contributed by atoms with E-state index in [4.69, 9.17) is 0 Å². The van der Waals surface area contributed by atoms with Crippen molar-refractivity contribution in [1.82, 2.24) is 5.01 Å². The molecule has 1 fully saturated rings. The number of amides is 3. The normalized spacial score (nSPS) is 20.4. The monoisotopic (exact) mass is 391 g/mol. The molecule has 2 aliphatic rings. The number of hydrogen-bond acceptors (Lipinski definition) is 6. The molecule has 0 radical (unpaired) electrons. The number of rotatable bonds is 4. The van der Waals surface area contributed by atoms with E-state index in [1.807, 2.05) is 45.0 Å². The number of aryl methyl sites for hydroxylation is 3. The number of fused-ring (bicyclic) bond motifs is 1. The van der Waals surface area contributed by atoms with Crippen LogP contribution >= 0.6 is 0 Å². The van der Waals surface area contributed by atoms with Crippen LogP contribution in [0.3, 0.4) is 0 Å². The molecule has 8 heteroatoms. The van der Waals surface area contributed by atoms with Crippen LogP contribution in [0, 0.1) is 20.8 Å². The highest BCUT2D eigenvalue weighted by Gasteiger charge is 2.55. The molecular formula is C21H21N5O3. The van der Waals surface area contributed by atoms with E-state index in [0.29, 0.717) is 11.4 Å². The first-order valence-corrected chi connectivity index (χ1v) is 9.33. The van der Waals surface area contributed by atoms with E-state index < -0.39 is 23.9 Å². The third-order valence-corrected chi connectivity index (χ3v) is 4.93.